The zero-order chi connectivity index (χ0) is 15.7. The van der Waals surface area contributed by atoms with E-state index in [1.54, 1.807) is 11.0 Å². The first-order valence-electron chi connectivity index (χ1n) is 7.39. The van der Waals surface area contributed by atoms with Crippen LogP contribution in [0.25, 0.3) is 0 Å². The average Bonchev–Trinajstić information content (AvgIpc) is 3.12. The van der Waals surface area contributed by atoms with Gasteiger partial charge >= 0.3 is 0 Å². The molecule has 0 unspecified atom stereocenters. The molecule has 1 aliphatic rings. The van der Waals surface area contributed by atoms with E-state index in [9.17, 15) is 9.18 Å². The molecule has 1 saturated heterocycles. The molecule has 2 heterocycles. The maximum Gasteiger partial charge on any atom is 0.253 e. The van der Waals surface area contributed by atoms with E-state index < -0.39 is 6.67 Å². The molecule has 1 aromatic heterocycles. The van der Waals surface area contributed by atoms with Crippen LogP contribution in [0, 0.1) is 19.8 Å². The van der Waals surface area contributed by atoms with Gasteiger partial charge in [-0.3, -0.25) is 14.3 Å². The van der Waals surface area contributed by atoms with Gasteiger partial charge in [-0.25, -0.2) is 4.98 Å². The predicted octanol–water partition coefficient (Wildman–Crippen LogP) is 2.25. The van der Waals surface area contributed by atoms with Gasteiger partial charge in [0.25, 0.3) is 5.91 Å². The van der Waals surface area contributed by atoms with Gasteiger partial charge < -0.3 is 4.90 Å². The van der Waals surface area contributed by atoms with Gasteiger partial charge in [0.1, 0.15) is 5.82 Å². The SMILES string of the molecule is Cc1cccc(C(=O)N2C[C@@H](CF)[C@H](c3n[nH]c(C)n3)C2)c1. The molecule has 1 fully saturated rings. The van der Waals surface area contributed by atoms with Gasteiger partial charge in [0.05, 0.1) is 6.67 Å². The summed E-state index contributed by atoms with van der Waals surface area (Å²) in [5.74, 6) is 0.848. The fourth-order valence-electron chi connectivity index (χ4n) is 2.97. The van der Waals surface area contributed by atoms with Crippen molar-refractivity contribution in [1.82, 2.24) is 20.1 Å². The molecule has 1 N–H and O–H groups in total. The first-order chi connectivity index (χ1) is 10.6. The number of nitrogens with one attached hydrogen (secondary N) is 1. The lowest BCUT2D eigenvalue weighted by molar-refractivity contribution is 0.0784. The van der Waals surface area contributed by atoms with Crippen molar-refractivity contribution < 1.29 is 9.18 Å². The van der Waals surface area contributed by atoms with Gasteiger partial charge in [-0.1, -0.05) is 17.7 Å². The van der Waals surface area contributed by atoms with Crippen molar-refractivity contribution in [1.29, 1.82) is 0 Å². The fourth-order valence-corrected chi connectivity index (χ4v) is 2.97. The van der Waals surface area contributed by atoms with Crippen LogP contribution < -0.4 is 0 Å². The van der Waals surface area contributed by atoms with Gasteiger partial charge in [-0.2, -0.15) is 5.10 Å². The second kappa shape index (κ2) is 5.87. The molecule has 1 amide bonds. The highest BCUT2D eigenvalue weighted by atomic mass is 19.1. The molecule has 0 bridgehead atoms. The van der Waals surface area contributed by atoms with Crippen LogP contribution in [0.4, 0.5) is 4.39 Å². The number of benzene rings is 1. The van der Waals surface area contributed by atoms with E-state index in [0.29, 0.717) is 30.3 Å². The van der Waals surface area contributed by atoms with E-state index in [0.717, 1.165) is 5.56 Å². The minimum Gasteiger partial charge on any atom is -0.337 e. The summed E-state index contributed by atoms with van der Waals surface area (Å²) in [6.07, 6.45) is 0. The van der Waals surface area contributed by atoms with Crippen molar-refractivity contribution in [2.24, 2.45) is 5.92 Å². The number of aromatic nitrogens is 3. The van der Waals surface area contributed by atoms with Crippen molar-refractivity contribution in [3.05, 3.63) is 47.0 Å². The number of amides is 1. The lowest BCUT2D eigenvalue weighted by Gasteiger charge is -2.16. The third-order valence-electron chi connectivity index (χ3n) is 4.14. The highest BCUT2D eigenvalue weighted by Gasteiger charge is 2.38. The van der Waals surface area contributed by atoms with Crippen molar-refractivity contribution in [2.45, 2.75) is 19.8 Å². The molecule has 2 atom stereocenters. The number of hydrogen-bond donors (Lipinski definition) is 1. The van der Waals surface area contributed by atoms with E-state index in [4.69, 9.17) is 0 Å². The Morgan fingerprint density at radius 1 is 1.41 bits per heavy atom. The molecule has 5 nitrogen and oxygen atoms in total. The Labute approximate surface area is 128 Å². The van der Waals surface area contributed by atoms with Gasteiger partial charge in [-0.15, -0.1) is 0 Å². The van der Waals surface area contributed by atoms with Crippen LogP contribution in [0.3, 0.4) is 0 Å². The molecular formula is C16H19FN4O. The maximum absolute atomic E-state index is 13.3. The first-order valence-corrected chi connectivity index (χ1v) is 7.39. The van der Waals surface area contributed by atoms with Gasteiger partial charge in [-0.05, 0) is 26.0 Å². The highest BCUT2D eigenvalue weighted by molar-refractivity contribution is 5.94. The topological polar surface area (TPSA) is 61.9 Å². The van der Waals surface area contributed by atoms with Crippen LogP contribution in [0.2, 0.25) is 0 Å². The largest absolute Gasteiger partial charge is 0.337 e. The molecule has 3 rings (SSSR count). The summed E-state index contributed by atoms with van der Waals surface area (Å²) in [5.41, 5.74) is 1.68. The average molecular weight is 302 g/mol. The number of alkyl halides is 1. The van der Waals surface area contributed by atoms with Crippen molar-refractivity contribution in [3.8, 4) is 0 Å². The van der Waals surface area contributed by atoms with Crippen LogP contribution in [-0.4, -0.2) is 45.8 Å². The molecular weight excluding hydrogens is 283 g/mol. The number of carbonyl (C=O) groups excluding carboxylic acids is 1. The van der Waals surface area contributed by atoms with E-state index >= 15 is 0 Å². The summed E-state index contributed by atoms with van der Waals surface area (Å²) in [4.78, 5) is 18.6. The van der Waals surface area contributed by atoms with Crippen LogP contribution in [0.5, 0.6) is 0 Å². The van der Waals surface area contributed by atoms with Crippen molar-refractivity contribution in [2.75, 3.05) is 19.8 Å². The Hall–Kier alpha value is -2.24. The number of nitrogens with zero attached hydrogens (tertiary/aromatic N) is 3. The van der Waals surface area contributed by atoms with Crippen LogP contribution in [-0.2, 0) is 0 Å². The summed E-state index contributed by atoms with van der Waals surface area (Å²) in [6.45, 7) is 4.14. The summed E-state index contributed by atoms with van der Waals surface area (Å²) in [5, 5.41) is 6.92. The molecule has 1 aliphatic heterocycles. The summed E-state index contributed by atoms with van der Waals surface area (Å²) in [6, 6.07) is 7.47. The van der Waals surface area contributed by atoms with E-state index in [1.165, 1.54) is 0 Å². The molecule has 0 aliphatic carbocycles. The van der Waals surface area contributed by atoms with Crippen LogP contribution in [0.15, 0.2) is 24.3 Å². The fraction of sp³-hybridized carbons (Fsp3) is 0.438. The third-order valence-corrected chi connectivity index (χ3v) is 4.14. The second-order valence-electron chi connectivity index (χ2n) is 5.88. The number of H-pyrrole nitrogens is 1. The summed E-state index contributed by atoms with van der Waals surface area (Å²) in [7, 11) is 0. The van der Waals surface area contributed by atoms with Gasteiger partial charge in [0.2, 0.25) is 0 Å². The molecule has 116 valence electrons. The maximum atomic E-state index is 13.3. The third kappa shape index (κ3) is 2.73. The lowest BCUT2D eigenvalue weighted by atomic mass is 9.97. The Kier molecular flexibility index (Phi) is 3.92. The number of rotatable bonds is 3. The molecule has 0 radical (unpaired) electrons. The minimum absolute atomic E-state index is 0.0584. The van der Waals surface area contributed by atoms with Crippen molar-refractivity contribution in [3.63, 3.8) is 0 Å². The van der Waals surface area contributed by atoms with Crippen LogP contribution in [0.1, 0.15) is 33.5 Å². The molecule has 2 aromatic rings. The standard InChI is InChI=1S/C16H19FN4O/c1-10-4-3-5-12(6-10)16(22)21-8-13(7-17)14(9-21)15-18-11(2)19-20-15/h3-6,13-14H,7-9H2,1-2H3,(H,18,19,20)/t13-,14-/m1/s1. The van der Waals surface area contributed by atoms with E-state index in [-0.39, 0.29) is 17.7 Å². The zero-order valence-corrected chi connectivity index (χ0v) is 12.7. The minimum atomic E-state index is -0.476. The van der Waals surface area contributed by atoms with E-state index in [2.05, 4.69) is 15.2 Å². The molecule has 1 aromatic carbocycles. The Morgan fingerprint density at radius 2 is 2.23 bits per heavy atom. The predicted molar refractivity (Wildman–Crippen MR) is 80.4 cm³/mol. The van der Waals surface area contributed by atoms with Gasteiger partial charge in [0, 0.05) is 30.5 Å². The zero-order valence-electron chi connectivity index (χ0n) is 12.7. The Morgan fingerprint density at radius 3 is 2.86 bits per heavy atom. The molecule has 0 saturated carbocycles. The number of aryl methyl sites for hydroxylation is 2. The number of carbonyl (C=O) groups is 1. The van der Waals surface area contributed by atoms with Crippen LogP contribution >= 0.6 is 0 Å². The second-order valence-corrected chi connectivity index (χ2v) is 5.88. The monoisotopic (exact) mass is 302 g/mol. The lowest BCUT2D eigenvalue weighted by Crippen LogP contribution is -2.29. The molecule has 22 heavy (non-hydrogen) atoms. The quantitative estimate of drug-likeness (QED) is 0.946. The number of hydrogen-bond acceptors (Lipinski definition) is 3. The number of likely N-dealkylation sites (tertiary alicyclic amines) is 1. The Balaban J connectivity index is 1.80. The summed E-state index contributed by atoms with van der Waals surface area (Å²) < 4.78 is 13.3. The number of aromatic amines is 1. The highest BCUT2D eigenvalue weighted by Crippen LogP contribution is 2.32. The van der Waals surface area contributed by atoms with Gasteiger partial charge in [0.15, 0.2) is 5.82 Å². The number of halogens is 1. The normalized spacial score (nSPS) is 21.3. The molecule has 0 spiro atoms. The van der Waals surface area contributed by atoms with Crippen molar-refractivity contribution >= 4 is 5.91 Å². The smallest absolute Gasteiger partial charge is 0.253 e. The summed E-state index contributed by atoms with van der Waals surface area (Å²) >= 11 is 0. The first kappa shape index (κ1) is 14.7. The Bertz CT molecular complexity index is 684. The molecule has 6 heteroatoms. The van der Waals surface area contributed by atoms with E-state index in [1.807, 2.05) is 32.0 Å².